The van der Waals surface area contributed by atoms with E-state index < -0.39 is 0 Å². The van der Waals surface area contributed by atoms with E-state index in [2.05, 4.69) is 9.97 Å². The van der Waals surface area contributed by atoms with E-state index in [9.17, 15) is 14.0 Å². The molecule has 0 fully saturated rings. The van der Waals surface area contributed by atoms with E-state index in [1.807, 2.05) is 6.07 Å². The number of hydrogen-bond donors (Lipinski definition) is 1. The summed E-state index contributed by atoms with van der Waals surface area (Å²) in [5.41, 5.74) is 1.32. The molecule has 2 aromatic carbocycles. The van der Waals surface area contributed by atoms with E-state index in [4.69, 9.17) is 4.74 Å². The average Bonchev–Trinajstić information content (AvgIpc) is 2.72. The van der Waals surface area contributed by atoms with Crippen molar-refractivity contribution >= 4 is 28.6 Å². The van der Waals surface area contributed by atoms with Crippen molar-refractivity contribution in [2.45, 2.75) is 12.3 Å². The maximum atomic E-state index is 13.0. The number of nitrogens with one attached hydrogen (secondary N) is 1. The fourth-order valence-corrected chi connectivity index (χ4v) is 3.70. The summed E-state index contributed by atoms with van der Waals surface area (Å²) in [7, 11) is 1.57. The first-order chi connectivity index (χ1) is 14.1. The Bertz CT molecular complexity index is 1020. The Morgan fingerprint density at radius 3 is 2.72 bits per heavy atom. The van der Waals surface area contributed by atoms with E-state index in [0.29, 0.717) is 35.6 Å². The number of carbonyl (C=O) groups excluding carboxylic acids is 1. The molecule has 29 heavy (non-hydrogen) atoms. The minimum absolute atomic E-state index is 0.0787. The SMILES string of the molecule is COCCN(Cc1nc2ccccc2c(=O)[nH]1)C(=O)CSCc1ccc(F)cc1. The molecule has 1 N–H and O–H groups in total. The molecular formula is C21H22FN3O3S. The zero-order chi connectivity index (χ0) is 20.6. The molecule has 152 valence electrons. The van der Waals surface area contributed by atoms with Gasteiger partial charge in [-0.2, -0.15) is 0 Å². The van der Waals surface area contributed by atoms with Crippen molar-refractivity contribution < 1.29 is 13.9 Å². The van der Waals surface area contributed by atoms with Gasteiger partial charge in [0.05, 0.1) is 29.8 Å². The average molecular weight is 415 g/mol. The highest BCUT2D eigenvalue weighted by molar-refractivity contribution is 7.99. The van der Waals surface area contributed by atoms with Crippen LogP contribution in [0.15, 0.2) is 53.3 Å². The summed E-state index contributed by atoms with van der Waals surface area (Å²) >= 11 is 1.45. The summed E-state index contributed by atoms with van der Waals surface area (Å²) in [6.07, 6.45) is 0. The molecule has 3 aromatic rings. The number of carbonyl (C=O) groups is 1. The van der Waals surface area contributed by atoms with Crippen LogP contribution in [0.1, 0.15) is 11.4 Å². The van der Waals surface area contributed by atoms with Gasteiger partial charge >= 0.3 is 0 Å². The Morgan fingerprint density at radius 2 is 1.97 bits per heavy atom. The van der Waals surface area contributed by atoms with E-state index in [1.54, 1.807) is 42.3 Å². The number of hydrogen-bond acceptors (Lipinski definition) is 5. The first kappa shape index (κ1) is 21.0. The van der Waals surface area contributed by atoms with Crippen LogP contribution in [-0.2, 0) is 21.8 Å². The quantitative estimate of drug-likeness (QED) is 0.582. The minimum Gasteiger partial charge on any atom is -0.383 e. The van der Waals surface area contributed by atoms with Crippen LogP contribution in [0.2, 0.25) is 0 Å². The van der Waals surface area contributed by atoms with Crippen molar-refractivity contribution in [3.05, 3.63) is 76.1 Å². The second kappa shape index (κ2) is 10.2. The standard InChI is InChI=1S/C21H22FN3O3S/c1-28-11-10-25(20(26)14-29-13-15-6-8-16(22)9-7-15)12-19-23-18-5-3-2-4-17(18)21(27)24-19/h2-9H,10-14H2,1H3,(H,23,24,27). The van der Waals surface area contributed by atoms with Gasteiger partial charge in [-0.3, -0.25) is 9.59 Å². The molecule has 0 spiro atoms. The van der Waals surface area contributed by atoms with Gasteiger partial charge < -0.3 is 14.6 Å². The van der Waals surface area contributed by atoms with Gasteiger partial charge in [0, 0.05) is 19.4 Å². The van der Waals surface area contributed by atoms with Gasteiger partial charge in [0.15, 0.2) is 0 Å². The first-order valence-corrected chi connectivity index (χ1v) is 10.3. The van der Waals surface area contributed by atoms with Crippen LogP contribution < -0.4 is 5.56 Å². The lowest BCUT2D eigenvalue weighted by Crippen LogP contribution is -2.36. The number of amides is 1. The van der Waals surface area contributed by atoms with Crippen molar-refractivity contribution in [2.75, 3.05) is 26.0 Å². The number of benzene rings is 2. The highest BCUT2D eigenvalue weighted by Crippen LogP contribution is 2.14. The van der Waals surface area contributed by atoms with Crippen LogP contribution in [0.4, 0.5) is 4.39 Å². The van der Waals surface area contributed by atoms with Crippen molar-refractivity contribution in [1.29, 1.82) is 0 Å². The van der Waals surface area contributed by atoms with Gasteiger partial charge in [-0.05, 0) is 29.8 Å². The third-order valence-corrected chi connectivity index (χ3v) is 5.32. The number of ether oxygens (including phenoxy) is 1. The molecule has 0 aliphatic heterocycles. The lowest BCUT2D eigenvalue weighted by atomic mass is 10.2. The Labute approximate surface area is 172 Å². The lowest BCUT2D eigenvalue weighted by molar-refractivity contribution is -0.129. The molecule has 0 aliphatic carbocycles. The molecule has 6 nitrogen and oxygen atoms in total. The fraction of sp³-hybridized carbons (Fsp3) is 0.286. The largest absolute Gasteiger partial charge is 0.383 e. The molecule has 0 saturated heterocycles. The zero-order valence-corrected chi connectivity index (χ0v) is 16.9. The third-order valence-electron chi connectivity index (χ3n) is 4.33. The summed E-state index contributed by atoms with van der Waals surface area (Å²) in [6.45, 7) is 0.967. The van der Waals surface area contributed by atoms with E-state index >= 15 is 0 Å². The number of rotatable bonds is 9. The summed E-state index contributed by atoms with van der Waals surface area (Å²) < 4.78 is 18.1. The lowest BCUT2D eigenvalue weighted by Gasteiger charge is -2.22. The summed E-state index contributed by atoms with van der Waals surface area (Å²) in [4.78, 5) is 33.8. The highest BCUT2D eigenvalue weighted by atomic mass is 32.2. The normalized spacial score (nSPS) is 11.0. The van der Waals surface area contributed by atoms with Crippen molar-refractivity contribution in [3.8, 4) is 0 Å². The Hall–Kier alpha value is -2.71. The summed E-state index contributed by atoms with van der Waals surface area (Å²) in [6, 6.07) is 13.3. The number of fused-ring (bicyclic) bond motifs is 1. The number of H-pyrrole nitrogens is 1. The smallest absolute Gasteiger partial charge is 0.258 e. The Kier molecular flexibility index (Phi) is 7.37. The molecule has 0 bridgehead atoms. The molecule has 0 atom stereocenters. The topological polar surface area (TPSA) is 75.3 Å². The summed E-state index contributed by atoms with van der Waals surface area (Å²) in [5, 5.41) is 0.515. The van der Waals surface area contributed by atoms with Crippen LogP contribution in [0.25, 0.3) is 10.9 Å². The Balaban J connectivity index is 1.66. The molecule has 1 heterocycles. The van der Waals surface area contributed by atoms with Gasteiger partial charge in [0.2, 0.25) is 5.91 Å². The first-order valence-electron chi connectivity index (χ1n) is 9.13. The van der Waals surface area contributed by atoms with Crippen molar-refractivity contribution in [2.24, 2.45) is 0 Å². The van der Waals surface area contributed by atoms with Crippen LogP contribution in [0, 0.1) is 5.82 Å². The number of thioether (sulfide) groups is 1. The van der Waals surface area contributed by atoms with Gasteiger partial charge in [0.25, 0.3) is 5.56 Å². The van der Waals surface area contributed by atoms with Crippen LogP contribution in [-0.4, -0.2) is 46.8 Å². The van der Waals surface area contributed by atoms with Crippen LogP contribution in [0.5, 0.6) is 0 Å². The van der Waals surface area contributed by atoms with E-state index in [1.165, 1.54) is 23.9 Å². The number of nitrogens with zero attached hydrogens (tertiary/aromatic N) is 2. The zero-order valence-electron chi connectivity index (χ0n) is 16.1. The second-order valence-electron chi connectivity index (χ2n) is 6.46. The second-order valence-corrected chi connectivity index (χ2v) is 7.44. The predicted octanol–water partition coefficient (Wildman–Crippen LogP) is 2.97. The van der Waals surface area contributed by atoms with Gasteiger partial charge in [0.1, 0.15) is 11.6 Å². The molecule has 1 aromatic heterocycles. The molecular weight excluding hydrogens is 393 g/mol. The van der Waals surface area contributed by atoms with Gasteiger partial charge in [-0.1, -0.05) is 24.3 Å². The number of para-hydroxylation sites is 1. The highest BCUT2D eigenvalue weighted by Gasteiger charge is 2.16. The minimum atomic E-state index is -0.280. The number of aromatic nitrogens is 2. The third kappa shape index (κ3) is 5.88. The molecule has 0 saturated carbocycles. The van der Waals surface area contributed by atoms with Crippen molar-refractivity contribution in [1.82, 2.24) is 14.9 Å². The van der Waals surface area contributed by atoms with E-state index in [-0.39, 0.29) is 29.6 Å². The fourth-order valence-electron chi connectivity index (χ4n) is 2.81. The molecule has 0 unspecified atom stereocenters. The maximum Gasteiger partial charge on any atom is 0.258 e. The van der Waals surface area contributed by atoms with E-state index in [0.717, 1.165) is 5.56 Å². The molecule has 1 amide bonds. The monoisotopic (exact) mass is 415 g/mol. The predicted molar refractivity (Wildman–Crippen MR) is 112 cm³/mol. The summed E-state index contributed by atoms with van der Waals surface area (Å²) in [5.74, 6) is 0.942. The van der Waals surface area contributed by atoms with Gasteiger partial charge in [-0.25, -0.2) is 9.37 Å². The molecule has 0 radical (unpaired) electrons. The van der Waals surface area contributed by atoms with Crippen LogP contribution >= 0.6 is 11.8 Å². The number of methoxy groups -OCH3 is 1. The maximum absolute atomic E-state index is 13.0. The molecule has 0 aliphatic rings. The number of halogens is 1. The molecule has 8 heteroatoms. The van der Waals surface area contributed by atoms with Crippen molar-refractivity contribution in [3.63, 3.8) is 0 Å². The van der Waals surface area contributed by atoms with Gasteiger partial charge in [-0.15, -0.1) is 11.8 Å². The van der Waals surface area contributed by atoms with Crippen LogP contribution in [0.3, 0.4) is 0 Å². The Morgan fingerprint density at radius 1 is 1.21 bits per heavy atom. The molecule has 3 rings (SSSR count). The number of aromatic amines is 1.